The number of furan rings is 1. The molecule has 10 heavy (non-hydrogen) atoms. The van der Waals surface area contributed by atoms with Crippen LogP contribution in [0.3, 0.4) is 0 Å². The van der Waals surface area contributed by atoms with Crippen LogP contribution in [0, 0.1) is 0 Å². The molecule has 1 rings (SSSR count). The SMILES string of the molecule is CNCCc1ccc(Cl)o1. The van der Waals surface area contributed by atoms with E-state index in [0.717, 1.165) is 18.7 Å². The van der Waals surface area contributed by atoms with Crippen LogP contribution in [0.5, 0.6) is 0 Å². The summed E-state index contributed by atoms with van der Waals surface area (Å²) in [6, 6.07) is 3.65. The normalized spacial score (nSPS) is 10.2. The third-order valence-electron chi connectivity index (χ3n) is 1.25. The maximum Gasteiger partial charge on any atom is 0.193 e. The number of rotatable bonds is 3. The Morgan fingerprint density at radius 3 is 2.90 bits per heavy atom. The van der Waals surface area contributed by atoms with Crippen molar-refractivity contribution in [3.8, 4) is 0 Å². The summed E-state index contributed by atoms with van der Waals surface area (Å²) in [5.41, 5.74) is 0. The van der Waals surface area contributed by atoms with Crippen molar-refractivity contribution < 1.29 is 4.42 Å². The van der Waals surface area contributed by atoms with Gasteiger partial charge in [0.2, 0.25) is 0 Å². The predicted octanol–water partition coefficient (Wildman–Crippen LogP) is 1.69. The van der Waals surface area contributed by atoms with Gasteiger partial charge in [-0.2, -0.15) is 0 Å². The van der Waals surface area contributed by atoms with Gasteiger partial charge in [0.05, 0.1) is 0 Å². The smallest absolute Gasteiger partial charge is 0.193 e. The quantitative estimate of drug-likeness (QED) is 0.726. The van der Waals surface area contributed by atoms with Crippen LogP contribution in [0.2, 0.25) is 5.22 Å². The molecule has 1 heterocycles. The molecule has 0 saturated carbocycles. The molecule has 0 spiro atoms. The highest BCUT2D eigenvalue weighted by Crippen LogP contribution is 2.12. The molecule has 0 atom stereocenters. The Balaban J connectivity index is 2.42. The van der Waals surface area contributed by atoms with E-state index in [1.54, 1.807) is 6.07 Å². The van der Waals surface area contributed by atoms with Crippen molar-refractivity contribution in [3.63, 3.8) is 0 Å². The van der Waals surface area contributed by atoms with E-state index in [1.165, 1.54) is 0 Å². The first-order valence-corrected chi connectivity index (χ1v) is 3.59. The Labute approximate surface area is 65.2 Å². The van der Waals surface area contributed by atoms with Gasteiger partial charge in [0.1, 0.15) is 5.76 Å². The Morgan fingerprint density at radius 2 is 2.40 bits per heavy atom. The summed E-state index contributed by atoms with van der Waals surface area (Å²) in [7, 11) is 1.91. The lowest BCUT2D eigenvalue weighted by atomic mass is 10.3. The van der Waals surface area contributed by atoms with Crippen molar-refractivity contribution in [1.82, 2.24) is 5.32 Å². The third kappa shape index (κ3) is 2.05. The zero-order chi connectivity index (χ0) is 7.40. The molecule has 56 valence electrons. The minimum atomic E-state index is 0.464. The fraction of sp³-hybridized carbons (Fsp3) is 0.429. The highest BCUT2D eigenvalue weighted by atomic mass is 35.5. The molecule has 0 unspecified atom stereocenters. The summed E-state index contributed by atoms with van der Waals surface area (Å²) in [6.45, 7) is 0.920. The molecule has 1 N–H and O–H groups in total. The molecular weight excluding hydrogens is 150 g/mol. The topological polar surface area (TPSA) is 25.2 Å². The molecule has 2 nitrogen and oxygen atoms in total. The van der Waals surface area contributed by atoms with Crippen molar-refractivity contribution in [2.24, 2.45) is 0 Å². The van der Waals surface area contributed by atoms with E-state index < -0.39 is 0 Å². The van der Waals surface area contributed by atoms with Crippen LogP contribution in [-0.2, 0) is 6.42 Å². The lowest BCUT2D eigenvalue weighted by Gasteiger charge is -1.93. The van der Waals surface area contributed by atoms with E-state index in [4.69, 9.17) is 16.0 Å². The van der Waals surface area contributed by atoms with Crippen LogP contribution < -0.4 is 5.32 Å². The summed E-state index contributed by atoms with van der Waals surface area (Å²) in [6.07, 6.45) is 0.892. The second-order valence-corrected chi connectivity index (χ2v) is 2.43. The van der Waals surface area contributed by atoms with E-state index >= 15 is 0 Å². The van der Waals surface area contributed by atoms with Gasteiger partial charge in [-0.15, -0.1) is 0 Å². The van der Waals surface area contributed by atoms with Crippen LogP contribution in [0.25, 0.3) is 0 Å². The van der Waals surface area contributed by atoms with Crippen LogP contribution in [0.1, 0.15) is 5.76 Å². The van der Waals surface area contributed by atoms with Gasteiger partial charge in [-0.25, -0.2) is 0 Å². The Hall–Kier alpha value is -0.470. The van der Waals surface area contributed by atoms with Gasteiger partial charge in [-0.1, -0.05) is 0 Å². The molecule has 0 aromatic carbocycles. The predicted molar refractivity (Wildman–Crippen MR) is 41.3 cm³/mol. The Kier molecular flexibility index (Phi) is 2.78. The van der Waals surface area contributed by atoms with Crippen molar-refractivity contribution >= 4 is 11.6 Å². The largest absolute Gasteiger partial charge is 0.450 e. The van der Waals surface area contributed by atoms with Crippen LogP contribution in [0.4, 0.5) is 0 Å². The summed E-state index contributed by atoms with van der Waals surface area (Å²) in [5, 5.41) is 3.49. The number of nitrogens with one attached hydrogen (secondary N) is 1. The molecule has 0 aliphatic rings. The fourth-order valence-corrected chi connectivity index (χ4v) is 0.896. The molecule has 0 fully saturated rings. The molecule has 0 aliphatic carbocycles. The molecule has 0 radical (unpaired) electrons. The van der Waals surface area contributed by atoms with Gasteiger partial charge in [-0.05, 0) is 30.8 Å². The number of hydrogen-bond acceptors (Lipinski definition) is 2. The number of likely N-dealkylation sites (N-methyl/N-ethyl adjacent to an activating group) is 1. The van der Waals surface area contributed by atoms with Gasteiger partial charge in [-0.3, -0.25) is 0 Å². The summed E-state index contributed by atoms with van der Waals surface area (Å²) < 4.78 is 5.11. The highest BCUT2D eigenvalue weighted by Gasteiger charge is 1.96. The van der Waals surface area contributed by atoms with Crippen LogP contribution in [0.15, 0.2) is 16.5 Å². The van der Waals surface area contributed by atoms with Crippen molar-refractivity contribution in [2.75, 3.05) is 13.6 Å². The maximum atomic E-state index is 5.55. The average Bonchev–Trinajstić information content (AvgIpc) is 2.31. The summed E-state index contributed by atoms with van der Waals surface area (Å²) in [5.74, 6) is 0.930. The minimum Gasteiger partial charge on any atom is -0.450 e. The molecule has 0 aliphatic heterocycles. The molecular formula is C7H10ClNO. The van der Waals surface area contributed by atoms with E-state index in [1.807, 2.05) is 13.1 Å². The lowest BCUT2D eigenvalue weighted by molar-refractivity contribution is 0.506. The standard InChI is InChI=1S/C7H10ClNO/c1-9-5-4-6-2-3-7(8)10-6/h2-3,9H,4-5H2,1H3. The van der Waals surface area contributed by atoms with Gasteiger partial charge in [0.15, 0.2) is 5.22 Å². The van der Waals surface area contributed by atoms with Crippen LogP contribution in [-0.4, -0.2) is 13.6 Å². The highest BCUT2D eigenvalue weighted by molar-refractivity contribution is 6.28. The summed E-state index contributed by atoms with van der Waals surface area (Å²) >= 11 is 5.55. The first kappa shape index (κ1) is 7.63. The van der Waals surface area contributed by atoms with Gasteiger partial charge in [0, 0.05) is 13.0 Å². The molecule has 3 heteroatoms. The Morgan fingerprint density at radius 1 is 1.60 bits per heavy atom. The van der Waals surface area contributed by atoms with E-state index in [2.05, 4.69) is 5.32 Å². The van der Waals surface area contributed by atoms with Gasteiger partial charge < -0.3 is 9.73 Å². The van der Waals surface area contributed by atoms with Gasteiger partial charge in [0.25, 0.3) is 0 Å². The maximum absolute atomic E-state index is 5.55. The second-order valence-electron chi connectivity index (χ2n) is 2.06. The van der Waals surface area contributed by atoms with Gasteiger partial charge >= 0.3 is 0 Å². The number of hydrogen-bond donors (Lipinski definition) is 1. The monoisotopic (exact) mass is 159 g/mol. The Bertz CT molecular complexity index is 197. The van der Waals surface area contributed by atoms with E-state index in [9.17, 15) is 0 Å². The zero-order valence-electron chi connectivity index (χ0n) is 5.86. The minimum absolute atomic E-state index is 0.464. The van der Waals surface area contributed by atoms with E-state index in [0.29, 0.717) is 5.22 Å². The first-order valence-electron chi connectivity index (χ1n) is 3.22. The molecule has 1 aromatic heterocycles. The fourth-order valence-electron chi connectivity index (χ4n) is 0.734. The van der Waals surface area contributed by atoms with Crippen molar-refractivity contribution in [3.05, 3.63) is 23.1 Å². The number of halogens is 1. The molecule has 0 bridgehead atoms. The lowest BCUT2D eigenvalue weighted by Crippen LogP contribution is -2.09. The zero-order valence-corrected chi connectivity index (χ0v) is 6.61. The molecule has 1 aromatic rings. The second kappa shape index (κ2) is 3.64. The van der Waals surface area contributed by atoms with Crippen molar-refractivity contribution in [2.45, 2.75) is 6.42 Å². The van der Waals surface area contributed by atoms with Crippen molar-refractivity contribution in [1.29, 1.82) is 0 Å². The summed E-state index contributed by atoms with van der Waals surface area (Å²) in [4.78, 5) is 0. The molecule has 0 saturated heterocycles. The molecule has 0 amide bonds. The van der Waals surface area contributed by atoms with Crippen LogP contribution >= 0.6 is 11.6 Å². The first-order chi connectivity index (χ1) is 4.83. The average molecular weight is 160 g/mol. The van der Waals surface area contributed by atoms with E-state index in [-0.39, 0.29) is 0 Å². The third-order valence-corrected chi connectivity index (χ3v) is 1.45.